The van der Waals surface area contributed by atoms with Crippen LogP contribution < -0.4 is 5.11 Å². The highest BCUT2D eigenvalue weighted by atomic mass is 16.7. The average Bonchev–Trinajstić information content (AvgIpc) is 3.36. The van der Waals surface area contributed by atoms with Crippen molar-refractivity contribution in [2.75, 3.05) is 47.5 Å². The molecule has 0 radical (unpaired) electrons. The Bertz CT molecular complexity index is 1420. The maximum absolute atomic E-state index is 12.9. The van der Waals surface area contributed by atoms with Crippen molar-refractivity contribution in [3.05, 3.63) is 72.9 Å². The molecule has 0 fully saturated rings. The highest BCUT2D eigenvalue weighted by molar-refractivity contribution is 5.70. The van der Waals surface area contributed by atoms with E-state index in [1.165, 1.54) is 161 Å². The van der Waals surface area contributed by atoms with E-state index in [-0.39, 0.29) is 38.6 Å². The first-order chi connectivity index (χ1) is 35.6. The van der Waals surface area contributed by atoms with E-state index < -0.39 is 24.3 Å². The molecular formula is C64H113NO8. The number of carboxylic acid groups (broad SMARTS) is 1. The lowest BCUT2D eigenvalue weighted by atomic mass is 10.0. The van der Waals surface area contributed by atoms with Crippen LogP contribution in [-0.4, -0.2) is 82.3 Å². The van der Waals surface area contributed by atoms with Crippen molar-refractivity contribution in [1.29, 1.82) is 0 Å². The number of carbonyl (C=O) groups is 3. The highest BCUT2D eigenvalue weighted by Gasteiger charge is 2.22. The maximum Gasteiger partial charge on any atom is 0.306 e. The van der Waals surface area contributed by atoms with Gasteiger partial charge in [-0.05, 0) is 83.5 Å². The molecule has 0 heterocycles. The molecule has 9 heteroatoms. The van der Waals surface area contributed by atoms with Gasteiger partial charge in [-0.3, -0.25) is 9.59 Å². The first-order valence-electron chi connectivity index (χ1n) is 30.1. The van der Waals surface area contributed by atoms with Gasteiger partial charge in [0, 0.05) is 12.8 Å². The van der Waals surface area contributed by atoms with Gasteiger partial charge in [0.1, 0.15) is 13.2 Å². The van der Waals surface area contributed by atoms with Gasteiger partial charge in [0.2, 0.25) is 0 Å². The van der Waals surface area contributed by atoms with Gasteiger partial charge in [0.05, 0.1) is 40.3 Å². The standard InChI is InChI=1S/C64H113NO8/c1-6-8-10-12-14-16-18-20-22-24-26-27-28-29-30-31-32-33-34-35-37-39-41-43-45-47-49-51-53-55-62(67)73-60(59-72-64(63(68)69)70-57-56-65(3,4)5)58-71-61(66)54-52-50-48-46-44-42-40-38-36-25-23-21-19-17-15-13-11-9-7-2/h8,10,14-17,20-23,26-27,60,64H,6-7,9,11-13,18-19,24-25,28-59H2,1-5H3/b10-8-,16-14-,17-15-,22-20-,23-21-,27-26-. The van der Waals surface area contributed by atoms with Crippen LogP contribution in [-0.2, 0) is 33.3 Å². The predicted molar refractivity (Wildman–Crippen MR) is 306 cm³/mol. The van der Waals surface area contributed by atoms with E-state index in [1.807, 2.05) is 21.1 Å². The lowest BCUT2D eigenvalue weighted by Gasteiger charge is -2.26. The minimum Gasteiger partial charge on any atom is -0.545 e. The number of ether oxygens (including phenoxy) is 4. The molecule has 0 rings (SSSR count). The Labute approximate surface area is 449 Å². The molecule has 0 aromatic heterocycles. The molecule has 9 nitrogen and oxygen atoms in total. The number of unbranched alkanes of at least 4 members (excludes halogenated alkanes) is 28. The van der Waals surface area contributed by atoms with Gasteiger partial charge < -0.3 is 33.3 Å². The number of rotatable bonds is 55. The Balaban J connectivity index is 4.18. The quantitative estimate of drug-likeness (QED) is 0.0195. The van der Waals surface area contributed by atoms with Crippen molar-refractivity contribution in [3.8, 4) is 0 Å². The van der Waals surface area contributed by atoms with Gasteiger partial charge in [0.15, 0.2) is 12.4 Å². The molecule has 0 aliphatic carbocycles. The van der Waals surface area contributed by atoms with Crippen LogP contribution in [0, 0.1) is 0 Å². The minimum absolute atomic E-state index is 0.146. The van der Waals surface area contributed by atoms with Crippen LogP contribution in [0.15, 0.2) is 72.9 Å². The fourth-order valence-corrected chi connectivity index (χ4v) is 8.32. The summed E-state index contributed by atoms with van der Waals surface area (Å²) >= 11 is 0. The van der Waals surface area contributed by atoms with Gasteiger partial charge in [-0.1, -0.05) is 234 Å². The third kappa shape index (κ3) is 56.3. The Morgan fingerprint density at radius 2 is 0.781 bits per heavy atom. The summed E-state index contributed by atoms with van der Waals surface area (Å²) in [6.07, 6.45) is 68.1. The zero-order chi connectivity index (χ0) is 53.4. The Kier molecular flexibility index (Phi) is 52.5. The molecule has 0 aromatic carbocycles. The van der Waals surface area contributed by atoms with Gasteiger partial charge in [-0.15, -0.1) is 0 Å². The van der Waals surface area contributed by atoms with Crippen molar-refractivity contribution in [2.24, 2.45) is 0 Å². The predicted octanol–water partition coefficient (Wildman–Crippen LogP) is 16.5. The molecular weight excluding hydrogens is 911 g/mol. The molecule has 73 heavy (non-hydrogen) atoms. The molecule has 0 aromatic rings. The number of allylic oxidation sites excluding steroid dienone is 12. The molecule has 0 amide bonds. The Morgan fingerprint density at radius 3 is 1.16 bits per heavy atom. The molecule has 0 bridgehead atoms. The van der Waals surface area contributed by atoms with Gasteiger partial charge >= 0.3 is 11.9 Å². The van der Waals surface area contributed by atoms with Crippen LogP contribution >= 0.6 is 0 Å². The summed E-state index contributed by atoms with van der Waals surface area (Å²) in [7, 11) is 5.92. The van der Waals surface area contributed by atoms with Crippen LogP contribution in [0.1, 0.15) is 258 Å². The summed E-state index contributed by atoms with van der Waals surface area (Å²) in [6.45, 7) is 4.63. The SMILES string of the molecule is CC/C=C\C/C=C\C/C=C\C/C=C\CCCCCCCCCCCCCCCCCCC(=O)OC(COC(=O)CCCCCCCCCCC/C=C\C/C=C\CCCCC)COC(OCC[N+](C)(C)C)C(=O)[O-]. The molecule has 0 saturated heterocycles. The summed E-state index contributed by atoms with van der Waals surface area (Å²) in [5.41, 5.74) is 0. The first-order valence-corrected chi connectivity index (χ1v) is 30.1. The van der Waals surface area contributed by atoms with Crippen molar-refractivity contribution < 1.29 is 42.9 Å². The molecule has 2 atom stereocenters. The van der Waals surface area contributed by atoms with E-state index in [2.05, 4.69) is 86.8 Å². The third-order valence-corrected chi connectivity index (χ3v) is 12.9. The number of hydrogen-bond donors (Lipinski definition) is 0. The topological polar surface area (TPSA) is 111 Å². The first kappa shape index (κ1) is 69.7. The molecule has 0 aliphatic rings. The number of esters is 2. The van der Waals surface area contributed by atoms with Crippen LogP contribution in [0.4, 0.5) is 0 Å². The van der Waals surface area contributed by atoms with Gasteiger partial charge in [-0.25, -0.2) is 0 Å². The number of carbonyl (C=O) groups excluding carboxylic acids is 3. The normalized spacial score (nSPS) is 13.3. The largest absolute Gasteiger partial charge is 0.545 e. The molecule has 0 aliphatic heterocycles. The summed E-state index contributed by atoms with van der Waals surface area (Å²) in [4.78, 5) is 37.3. The van der Waals surface area contributed by atoms with E-state index >= 15 is 0 Å². The second-order valence-corrected chi connectivity index (χ2v) is 21.3. The minimum atomic E-state index is -1.62. The summed E-state index contributed by atoms with van der Waals surface area (Å²) in [5.74, 6) is -2.28. The fraction of sp³-hybridized carbons (Fsp3) is 0.766. The van der Waals surface area contributed by atoms with E-state index in [9.17, 15) is 19.5 Å². The number of carboxylic acids is 1. The van der Waals surface area contributed by atoms with E-state index in [1.54, 1.807) is 0 Å². The van der Waals surface area contributed by atoms with Crippen molar-refractivity contribution in [2.45, 2.75) is 270 Å². The second-order valence-electron chi connectivity index (χ2n) is 21.3. The molecule has 422 valence electrons. The average molecular weight is 1020 g/mol. The zero-order valence-corrected chi connectivity index (χ0v) is 48.0. The zero-order valence-electron chi connectivity index (χ0n) is 48.0. The van der Waals surface area contributed by atoms with E-state index in [4.69, 9.17) is 18.9 Å². The fourth-order valence-electron chi connectivity index (χ4n) is 8.32. The lowest BCUT2D eigenvalue weighted by molar-refractivity contribution is -0.870. The van der Waals surface area contributed by atoms with Gasteiger partial charge in [-0.2, -0.15) is 0 Å². The summed E-state index contributed by atoms with van der Waals surface area (Å²) < 4.78 is 22.7. The highest BCUT2D eigenvalue weighted by Crippen LogP contribution is 2.16. The molecule has 0 saturated carbocycles. The molecule has 2 unspecified atom stereocenters. The molecule has 0 spiro atoms. The molecule has 0 N–H and O–H groups in total. The number of likely N-dealkylation sites (N-methyl/N-ethyl adjacent to an activating group) is 1. The van der Waals surface area contributed by atoms with Crippen molar-refractivity contribution in [1.82, 2.24) is 0 Å². The van der Waals surface area contributed by atoms with E-state index in [0.717, 1.165) is 64.2 Å². The van der Waals surface area contributed by atoms with Crippen molar-refractivity contribution in [3.63, 3.8) is 0 Å². The second kappa shape index (κ2) is 55.0. The Morgan fingerprint density at radius 1 is 0.425 bits per heavy atom. The summed E-state index contributed by atoms with van der Waals surface area (Å²) in [6, 6.07) is 0. The number of quaternary nitrogens is 1. The van der Waals surface area contributed by atoms with E-state index in [0.29, 0.717) is 17.4 Å². The number of nitrogens with zero attached hydrogens (tertiary/aromatic N) is 1. The van der Waals surface area contributed by atoms with Crippen molar-refractivity contribution >= 4 is 17.9 Å². The van der Waals surface area contributed by atoms with Crippen LogP contribution in [0.2, 0.25) is 0 Å². The van der Waals surface area contributed by atoms with Crippen LogP contribution in [0.5, 0.6) is 0 Å². The monoisotopic (exact) mass is 1020 g/mol. The maximum atomic E-state index is 12.9. The smallest absolute Gasteiger partial charge is 0.306 e. The van der Waals surface area contributed by atoms with Crippen LogP contribution in [0.3, 0.4) is 0 Å². The number of aliphatic carboxylic acids is 1. The third-order valence-electron chi connectivity index (χ3n) is 12.9. The van der Waals surface area contributed by atoms with Gasteiger partial charge in [0.25, 0.3) is 0 Å². The van der Waals surface area contributed by atoms with Crippen LogP contribution in [0.25, 0.3) is 0 Å². The summed E-state index contributed by atoms with van der Waals surface area (Å²) in [5, 5.41) is 11.8. The number of hydrogen-bond acceptors (Lipinski definition) is 8. The Hall–Kier alpha value is -3.27. The lowest BCUT2D eigenvalue weighted by Crippen LogP contribution is -2.44.